The highest BCUT2D eigenvalue weighted by atomic mass is 16.5. The van der Waals surface area contributed by atoms with Crippen molar-refractivity contribution in [3.05, 3.63) is 52.1 Å². The standard InChI is InChI=1S/C24H32N6O3/c1-14-19(9-11-30(15(2)32-4)16(3)33-5)22(17-6-7-17)21(27-14)12-20-23(28-29-24(20)31)18-8-10-25-26-13-18/h8,10,12-13,15-17,27H,6-7,9,11H2,1-5H3,(H,29,31)/b20-12+. The number of aromatic nitrogens is 3. The molecular formula is C24H32N6O3. The molecule has 9 heteroatoms. The number of ether oxygens (including phenoxy) is 2. The van der Waals surface area contributed by atoms with Gasteiger partial charge in [-0.2, -0.15) is 15.3 Å². The lowest BCUT2D eigenvalue weighted by Gasteiger charge is -2.32. The van der Waals surface area contributed by atoms with Crippen molar-refractivity contribution in [3.8, 4) is 0 Å². The van der Waals surface area contributed by atoms with Crippen LogP contribution in [-0.4, -0.2) is 64.9 Å². The highest BCUT2D eigenvalue weighted by Gasteiger charge is 2.32. The third kappa shape index (κ3) is 4.90. The number of carbonyl (C=O) groups is 1. The topological polar surface area (TPSA) is 105 Å². The zero-order chi connectivity index (χ0) is 23.5. The molecule has 1 amide bonds. The number of amides is 1. The number of rotatable bonds is 10. The summed E-state index contributed by atoms with van der Waals surface area (Å²) in [4.78, 5) is 18.3. The molecule has 2 atom stereocenters. The second-order valence-electron chi connectivity index (χ2n) is 8.58. The lowest BCUT2D eigenvalue weighted by Crippen LogP contribution is -2.43. The quantitative estimate of drug-likeness (QED) is 0.424. The van der Waals surface area contributed by atoms with Gasteiger partial charge in [0.15, 0.2) is 0 Å². The maximum Gasteiger partial charge on any atom is 0.273 e. The summed E-state index contributed by atoms with van der Waals surface area (Å²) in [5.74, 6) is 0.295. The molecule has 176 valence electrons. The Morgan fingerprint density at radius 3 is 2.55 bits per heavy atom. The molecule has 2 aromatic heterocycles. The Balaban J connectivity index is 1.65. The van der Waals surface area contributed by atoms with Crippen LogP contribution in [0.3, 0.4) is 0 Å². The Morgan fingerprint density at radius 1 is 1.21 bits per heavy atom. The maximum absolute atomic E-state index is 12.6. The molecule has 1 aliphatic carbocycles. The normalized spacial score (nSPS) is 19.2. The number of nitrogens with zero attached hydrogens (tertiary/aromatic N) is 4. The molecule has 0 saturated heterocycles. The third-order valence-corrected chi connectivity index (χ3v) is 6.53. The number of hydrogen-bond donors (Lipinski definition) is 2. The summed E-state index contributed by atoms with van der Waals surface area (Å²) in [6.07, 6.45) is 8.21. The molecule has 0 aromatic carbocycles. The van der Waals surface area contributed by atoms with Crippen LogP contribution in [0.25, 0.3) is 6.08 Å². The summed E-state index contributed by atoms with van der Waals surface area (Å²) < 4.78 is 11.1. The number of hydrazone groups is 1. The highest BCUT2D eigenvalue weighted by Crippen LogP contribution is 2.45. The molecule has 0 spiro atoms. The number of aromatic amines is 1. The Morgan fingerprint density at radius 2 is 1.94 bits per heavy atom. The van der Waals surface area contributed by atoms with Gasteiger partial charge in [-0.1, -0.05) is 0 Å². The van der Waals surface area contributed by atoms with Gasteiger partial charge in [0.05, 0.1) is 18.0 Å². The van der Waals surface area contributed by atoms with Gasteiger partial charge in [-0.05, 0) is 69.2 Å². The van der Waals surface area contributed by atoms with Crippen molar-refractivity contribution in [1.29, 1.82) is 0 Å². The van der Waals surface area contributed by atoms with E-state index in [4.69, 9.17) is 9.47 Å². The first kappa shape index (κ1) is 23.3. The number of H-pyrrole nitrogens is 1. The molecule has 1 aliphatic heterocycles. The number of methoxy groups -OCH3 is 2. The molecule has 2 unspecified atom stereocenters. The van der Waals surface area contributed by atoms with E-state index in [0.717, 1.165) is 42.8 Å². The zero-order valence-corrected chi connectivity index (χ0v) is 19.9. The number of aryl methyl sites for hydroxylation is 1. The molecular weight excluding hydrogens is 420 g/mol. The van der Waals surface area contributed by atoms with Crippen molar-refractivity contribution in [3.63, 3.8) is 0 Å². The molecule has 2 N–H and O–H groups in total. The molecule has 33 heavy (non-hydrogen) atoms. The van der Waals surface area contributed by atoms with Crippen molar-refractivity contribution in [2.24, 2.45) is 5.10 Å². The van der Waals surface area contributed by atoms with E-state index in [-0.39, 0.29) is 18.4 Å². The van der Waals surface area contributed by atoms with E-state index < -0.39 is 0 Å². The van der Waals surface area contributed by atoms with Gasteiger partial charge in [0.2, 0.25) is 0 Å². The number of nitrogens with one attached hydrogen (secondary N) is 2. The molecule has 3 heterocycles. The lowest BCUT2D eigenvalue weighted by molar-refractivity contribution is -0.116. The van der Waals surface area contributed by atoms with E-state index in [9.17, 15) is 4.79 Å². The Kier molecular flexibility index (Phi) is 7.02. The van der Waals surface area contributed by atoms with Crippen molar-refractivity contribution in [2.75, 3.05) is 20.8 Å². The minimum absolute atomic E-state index is 0.0555. The smallest absolute Gasteiger partial charge is 0.273 e. The second kappa shape index (κ2) is 9.94. The van der Waals surface area contributed by atoms with Crippen LogP contribution in [-0.2, 0) is 20.7 Å². The predicted molar refractivity (Wildman–Crippen MR) is 126 cm³/mol. The van der Waals surface area contributed by atoms with Gasteiger partial charge in [-0.25, -0.2) is 5.43 Å². The first-order valence-corrected chi connectivity index (χ1v) is 11.3. The summed E-state index contributed by atoms with van der Waals surface area (Å²) in [7, 11) is 3.43. The zero-order valence-electron chi connectivity index (χ0n) is 19.9. The van der Waals surface area contributed by atoms with Gasteiger partial charge in [0.25, 0.3) is 5.91 Å². The minimum Gasteiger partial charge on any atom is -0.367 e. The molecule has 4 rings (SSSR count). The fourth-order valence-corrected chi connectivity index (χ4v) is 4.42. The SMILES string of the molecule is COC(C)N(CCc1c(C)[nH]c(/C=C2/C(=O)NN=C2c2ccnnc2)c1C1CC1)C(C)OC. The average molecular weight is 453 g/mol. The monoisotopic (exact) mass is 452 g/mol. The van der Waals surface area contributed by atoms with Crippen LogP contribution in [0.4, 0.5) is 0 Å². The van der Waals surface area contributed by atoms with Crippen LogP contribution in [0.5, 0.6) is 0 Å². The molecule has 0 radical (unpaired) electrons. The van der Waals surface area contributed by atoms with Crippen LogP contribution >= 0.6 is 0 Å². The van der Waals surface area contributed by atoms with Crippen LogP contribution in [0, 0.1) is 6.92 Å². The van der Waals surface area contributed by atoms with E-state index >= 15 is 0 Å². The molecule has 0 bridgehead atoms. The average Bonchev–Trinajstić information content (AvgIpc) is 3.54. The van der Waals surface area contributed by atoms with Gasteiger partial charge in [-0.3, -0.25) is 9.69 Å². The van der Waals surface area contributed by atoms with E-state index in [1.165, 1.54) is 11.1 Å². The van der Waals surface area contributed by atoms with E-state index in [0.29, 0.717) is 17.2 Å². The van der Waals surface area contributed by atoms with E-state index in [1.54, 1.807) is 32.7 Å². The Bertz CT molecular complexity index is 1050. The fourth-order valence-electron chi connectivity index (χ4n) is 4.42. The molecule has 1 saturated carbocycles. The summed E-state index contributed by atoms with van der Waals surface area (Å²) in [5.41, 5.74) is 9.18. The van der Waals surface area contributed by atoms with Gasteiger partial charge >= 0.3 is 0 Å². The third-order valence-electron chi connectivity index (χ3n) is 6.53. The largest absolute Gasteiger partial charge is 0.367 e. The highest BCUT2D eigenvalue weighted by molar-refractivity contribution is 6.33. The van der Waals surface area contributed by atoms with Crippen LogP contribution in [0.1, 0.15) is 60.7 Å². The van der Waals surface area contributed by atoms with Gasteiger partial charge in [0.1, 0.15) is 18.2 Å². The predicted octanol–water partition coefficient (Wildman–Crippen LogP) is 2.74. The summed E-state index contributed by atoms with van der Waals surface area (Å²) in [6.45, 7) is 6.97. The van der Waals surface area contributed by atoms with Crippen molar-refractivity contribution < 1.29 is 14.3 Å². The fraction of sp³-hybridized carbons (Fsp3) is 0.500. The summed E-state index contributed by atoms with van der Waals surface area (Å²) >= 11 is 0. The Labute approximate surface area is 194 Å². The lowest BCUT2D eigenvalue weighted by atomic mass is 9.98. The van der Waals surface area contributed by atoms with Gasteiger partial charge in [-0.15, -0.1) is 0 Å². The summed E-state index contributed by atoms with van der Waals surface area (Å²) in [5, 5.41) is 12.0. The molecule has 1 fully saturated rings. The number of hydrogen-bond acceptors (Lipinski definition) is 7. The van der Waals surface area contributed by atoms with Crippen LogP contribution < -0.4 is 5.43 Å². The molecule has 2 aliphatic rings. The molecule has 2 aromatic rings. The first-order valence-electron chi connectivity index (χ1n) is 11.3. The minimum atomic E-state index is -0.216. The van der Waals surface area contributed by atoms with Crippen molar-refractivity contribution >= 4 is 17.7 Å². The van der Waals surface area contributed by atoms with Gasteiger partial charge in [0, 0.05) is 37.7 Å². The van der Waals surface area contributed by atoms with Crippen molar-refractivity contribution in [2.45, 2.75) is 58.4 Å². The second-order valence-corrected chi connectivity index (χ2v) is 8.58. The van der Waals surface area contributed by atoms with Crippen LogP contribution in [0.15, 0.2) is 29.1 Å². The Hall–Kier alpha value is -2.88. The van der Waals surface area contributed by atoms with Crippen LogP contribution in [0.2, 0.25) is 0 Å². The van der Waals surface area contributed by atoms with E-state index in [1.807, 2.05) is 19.9 Å². The maximum atomic E-state index is 12.6. The van der Waals surface area contributed by atoms with Crippen molar-refractivity contribution in [1.82, 2.24) is 25.5 Å². The molecule has 9 nitrogen and oxygen atoms in total. The number of carbonyl (C=O) groups excluding carboxylic acids is 1. The summed E-state index contributed by atoms with van der Waals surface area (Å²) in [6, 6.07) is 1.80. The van der Waals surface area contributed by atoms with E-state index in [2.05, 4.69) is 37.5 Å². The van der Waals surface area contributed by atoms with Gasteiger partial charge < -0.3 is 14.5 Å². The first-order chi connectivity index (χ1) is 15.9.